The van der Waals surface area contributed by atoms with Gasteiger partial charge in [-0.05, 0) is 18.9 Å². The van der Waals surface area contributed by atoms with Gasteiger partial charge in [-0.15, -0.1) is 0 Å². The van der Waals surface area contributed by atoms with E-state index in [-0.39, 0.29) is 54.5 Å². The summed E-state index contributed by atoms with van der Waals surface area (Å²) in [5.41, 5.74) is -0.253. The lowest BCUT2D eigenvalue weighted by atomic mass is 10.0. The van der Waals surface area contributed by atoms with Gasteiger partial charge in [0.15, 0.2) is 5.75 Å². The van der Waals surface area contributed by atoms with E-state index < -0.39 is 4.92 Å². The molecule has 3 N–H and O–H groups in total. The third kappa shape index (κ3) is 7.51. The van der Waals surface area contributed by atoms with Crippen molar-refractivity contribution in [2.24, 2.45) is 0 Å². The second-order valence-corrected chi connectivity index (χ2v) is 9.63. The predicted molar refractivity (Wildman–Crippen MR) is 129 cm³/mol. The molecule has 2 aliphatic heterocycles. The molecule has 2 fully saturated rings. The molecule has 0 spiro atoms. The van der Waals surface area contributed by atoms with Crippen molar-refractivity contribution < 1.29 is 33.8 Å². The molecular formula is C22H32N4O8S. The molecule has 0 bridgehead atoms. The van der Waals surface area contributed by atoms with E-state index in [9.17, 15) is 24.9 Å². The van der Waals surface area contributed by atoms with E-state index in [1.807, 2.05) is 11.8 Å². The van der Waals surface area contributed by atoms with Gasteiger partial charge in [-0.3, -0.25) is 25.0 Å². The molecule has 0 aromatic heterocycles. The van der Waals surface area contributed by atoms with Crippen molar-refractivity contribution >= 4 is 29.6 Å². The van der Waals surface area contributed by atoms with Crippen LogP contribution in [0.4, 0.5) is 5.69 Å². The smallest absolute Gasteiger partial charge is 0.315 e. The van der Waals surface area contributed by atoms with Gasteiger partial charge in [-0.2, -0.15) is 11.8 Å². The van der Waals surface area contributed by atoms with Crippen LogP contribution >= 0.6 is 11.8 Å². The monoisotopic (exact) mass is 512 g/mol. The molecule has 0 aliphatic carbocycles. The van der Waals surface area contributed by atoms with Crippen molar-refractivity contribution in [2.75, 3.05) is 45.9 Å². The first-order valence-electron chi connectivity index (χ1n) is 11.6. The number of thioether (sulfide) groups is 1. The second kappa shape index (κ2) is 13.6. The minimum absolute atomic E-state index is 0.0324. The van der Waals surface area contributed by atoms with E-state index in [0.717, 1.165) is 31.1 Å². The van der Waals surface area contributed by atoms with Crippen LogP contribution in [0.1, 0.15) is 36.0 Å². The summed E-state index contributed by atoms with van der Waals surface area (Å²) in [5.74, 6) is 0.964. The van der Waals surface area contributed by atoms with Crippen LogP contribution in [0, 0.1) is 15.3 Å². The minimum Gasteiger partial charge on any atom is -0.633 e. The number of nitro benzene ring substituents is 1. The fourth-order valence-electron chi connectivity index (χ4n) is 4.32. The number of nitro groups is 1. The number of ether oxygens (including phenoxy) is 3. The number of hydroxylamine groups is 2. The second-order valence-electron chi connectivity index (χ2n) is 8.35. The highest BCUT2D eigenvalue weighted by Gasteiger charge is 2.44. The van der Waals surface area contributed by atoms with E-state index in [1.165, 1.54) is 13.2 Å². The molecule has 1 amide bonds. The highest BCUT2D eigenvalue weighted by atomic mass is 32.2. The zero-order valence-corrected chi connectivity index (χ0v) is 20.5. The fourth-order valence-corrected chi connectivity index (χ4v) is 5.98. The number of hydrogen-bond donors (Lipinski definition) is 3. The first-order valence-corrected chi connectivity index (χ1v) is 12.7. The summed E-state index contributed by atoms with van der Waals surface area (Å²) >= 11 is 1.86. The van der Waals surface area contributed by atoms with E-state index in [2.05, 4.69) is 10.6 Å². The largest absolute Gasteiger partial charge is 0.633 e. The van der Waals surface area contributed by atoms with Crippen molar-refractivity contribution in [3.8, 4) is 11.5 Å². The number of quaternary nitrogens is 1. The molecule has 4 atom stereocenters. The molecule has 12 nitrogen and oxygen atoms in total. The maximum Gasteiger partial charge on any atom is 0.315 e. The first-order chi connectivity index (χ1) is 16.9. The van der Waals surface area contributed by atoms with Crippen LogP contribution in [0.2, 0.25) is 0 Å². The number of benzene rings is 1. The minimum atomic E-state index is -0.643. The number of carbonyl (C=O) groups excluding carboxylic acids is 2. The molecule has 2 aliphatic rings. The summed E-state index contributed by atoms with van der Waals surface area (Å²) in [6.45, 7) is 1.30. The number of methoxy groups -OCH3 is 1. The summed E-state index contributed by atoms with van der Waals surface area (Å²) in [6.07, 6.45) is 3.58. The SMILES string of the molecule is COc1cc(C=O)cc([N+](=O)[O-])c1OCCOCCNC(=O)CCCCC1SCC2NC[NH+]([O-])C21. The number of hydrogen-bond acceptors (Lipinski definition) is 10. The quantitative estimate of drug-likeness (QED) is 0.0981. The van der Waals surface area contributed by atoms with Crippen molar-refractivity contribution in [2.45, 2.75) is 43.0 Å². The Morgan fingerprint density at radius 3 is 2.91 bits per heavy atom. The Bertz CT molecular complexity index is 889. The maximum atomic E-state index is 12.0. The van der Waals surface area contributed by atoms with E-state index >= 15 is 0 Å². The molecular weight excluding hydrogens is 480 g/mol. The van der Waals surface area contributed by atoms with Crippen molar-refractivity contribution in [3.63, 3.8) is 0 Å². The molecule has 2 heterocycles. The lowest BCUT2D eigenvalue weighted by Crippen LogP contribution is -3.11. The number of aldehydes is 1. The standard InChI is InChI=1S/C22H32N4O8S/c1-32-18-11-15(12-27)10-17(26(30)31)22(18)34-9-8-33-7-6-23-20(28)5-3-2-4-19-21-16(13-35-19)24-14-25(21)29/h10-12,16,19,21,24-25H,2-9,13-14H2,1H3,(H,23,28). The normalized spacial score (nSPS) is 23.0. The summed E-state index contributed by atoms with van der Waals surface area (Å²) < 4.78 is 16.0. The summed E-state index contributed by atoms with van der Waals surface area (Å²) in [4.78, 5) is 33.6. The third-order valence-corrected chi connectivity index (χ3v) is 7.54. The van der Waals surface area contributed by atoms with Gasteiger partial charge in [0.1, 0.15) is 25.6 Å². The Kier molecular flexibility index (Phi) is 10.5. The zero-order chi connectivity index (χ0) is 25.2. The van der Waals surface area contributed by atoms with Crippen molar-refractivity contribution in [1.82, 2.24) is 10.6 Å². The number of fused-ring (bicyclic) bond motifs is 1. The average Bonchev–Trinajstić information content (AvgIpc) is 3.43. The Morgan fingerprint density at radius 1 is 1.34 bits per heavy atom. The number of carbonyl (C=O) groups is 2. The molecule has 13 heteroatoms. The molecule has 194 valence electrons. The number of amides is 1. The molecule has 35 heavy (non-hydrogen) atoms. The summed E-state index contributed by atoms with van der Waals surface area (Å²) in [6, 6.07) is 2.94. The van der Waals surface area contributed by atoms with Crippen LogP contribution in [0.25, 0.3) is 0 Å². The molecule has 0 saturated carbocycles. The Labute approximate surface area is 207 Å². The fraction of sp³-hybridized carbons (Fsp3) is 0.636. The summed E-state index contributed by atoms with van der Waals surface area (Å²) in [5, 5.41) is 30.0. The molecule has 0 radical (unpaired) electrons. The van der Waals surface area contributed by atoms with Gasteiger partial charge in [0, 0.05) is 30.3 Å². The Morgan fingerprint density at radius 2 is 2.17 bits per heavy atom. The van der Waals surface area contributed by atoms with Gasteiger partial charge < -0.3 is 29.8 Å². The van der Waals surface area contributed by atoms with Gasteiger partial charge in [0.05, 0.1) is 36.5 Å². The Hall–Kier alpha value is -2.45. The van der Waals surface area contributed by atoms with E-state index in [0.29, 0.717) is 42.3 Å². The van der Waals surface area contributed by atoms with Crippen LogP contribution in [0.3, 0.4) is 0 Å². The van der Waals surface area contributed by atoms with Gasteiger partial charge >= 0.3 is 5.69 Å². The van der Waals surface area contributed by atoms with Gasteiger partial charge in [-0.25, -0.2) is 0 Å². The zero-order valence-electron chi connectivity index (χ0n) is 19.7. The summed E-state index contributed by atoms with van der Waals surface area (Å²) in [7, 11) is 1.33. The molecule has 1 aromatic carbocycles. The van der Waals surface area contributed by atoms with Crippen LogP contribution in [-0.2, 0) is 9.53 Å². The lowest BCUT2D eigenvalue weighted by molar-refractivity contribution is -0.861. The molecule has 1 aromatic rings. The first kappa shape index (κ1) is 27.1. The predicted octanol–water partition coefficient (Wildman–Crippen LogP) is 0.284. The topological polar surface area (TPSA) is 157 Å². The molecule has 2 saturated heterocycles. The highest BCUT2D eigenvalue weighted by Crippen LogP contribution is 2.38. The van der Waals surface area contributed by atoms with E-state index in [1.54, 1.807) is 0 Å². The Balaban J connectivity index is 1.25. The number of rotatable bonds is 15. The molecule has 3 rings (SSSR count). The van der Waals surface area contributed by atoms with Crippen molar-refractivity contribution in [1.29, 1.82) is 0 Å². The van der Waals surface area contributed by atoms with E-state index in [4.69, 9.17) is 14.2 Å². The average molecular weight is 513 g/mol. The van der Waals surface area contributed by atoms with Crippen molar-refractivity contribution in [3.05, 3.63) is 33.0 Å². The number of nitrogens with one attached hydrogen (secondary N) is 3. The van der Waals surface area contributed by atoms with Crippen LogP contribution in [-0.4, -0.2) is 80.3 Å². The van der Waals surface area contributed by atoms with Crippen LogP contribution in [0.15, 0.2) is 12.1 Å². The third-order valence-electron chi connectivity index (χ3n) is 6.03. The van der Waals surface area contributed by atoms with Gasteiger partial charge in [0.2, 0.25) is 11.7 Å². The van der Waals surface area contributed by atoms with Gasteiger partial charge in [0.25, 0.3) is 0 Å². The van der Waals surface area contributed by atoms with Crippen LogP contribution in [0.5, 0.6) is 11.5 Å². The highest BCUT2D eigenvalue weighted by molar-refractivity contribution is 8.00. The van der Waals surface area contributed by atoms with Gasteiger partial charge in [-0.1, -0.05) is 6.42 Å². The maximum absolute atomic E-state index is 12.0. The number of nitrogens with zero attached hydrogens (tertiary/aromatic N) is 1. The molecule has 4 unspecified atom stereocenters. The van der Waals surface area contributed by atoms with Crippen LogP contribution < -0.4 is 25.2 Å². The number of unbranched alkanes of at least 4 members (excludes halogenated alkanes) is 1. The lowest BCUT2D eigenvalue weighted by Gasteiger charge is -2.26.